The van der Waals surface area contributed by atoms with Crippen molar-refractivity contribution in [2.75, 3.05) is 0 Å². The van der Waals surface area contributed by atoms with Gasteiger partial charge in [-0.2, -0.15) is 0 Å². The molecule has 0 aromatic heterocycles. The van der Waals surface area contributed by atoms with Crippen LogP contribution in [-0.2, 0) is 29.3 Å². The second-order valence-electron chi connectivity index (χ2n) is 12.8. The average molecular weight is 718 g/mol. The minimum atomic E-state index is 0. The van der Waals surface area contributed by atoms with E-state index in [9.17, 15) is 5.53 Å². The molecule has 270 valence electrons. The first-order valence-electron chi connectivity index (χ1n) is 18.6. The monoisotopic (exact) mass is 716 g/mol. The third kappa shape index (κ3) is 13.8. The number of allylic oxidation sites excluding steroid dienone is 2. The standard InChI is InChI=1S/C33H46N2.2C6H6O.Ni/c1-5-9-13-23-31-30(22-12-8-4)32(28-20-14-18-26(24-28)16-10-6-2)35(34)33(31)29-21-15-19-27(25-29)17-11-7-3;2*7-6-4-2-1-3-5-6;/h14-15,18-21,24-25H,5-13,16-17,22-23H2,1-4H3;2*1-5,7H;. The number of nitrogens with zero attached hydrogens (tertiary/aromatic N) is 2. The van der Waals surface area contributed by atoms with Crippen molar-refractivity contribution in [3.8, 4) is 11.5 Å². The molecule has 2 N–H and O–H groups in total. The Bertz CT molecular complexity index is 1580. The molecule has 0 atom stereocenters. The molecule has 0 amide bonds. The zero-order valence-corrected chi connectivity index (χ0v) is 31.7. The summed E-state index contributed by atoms with van der Waals surface area (Å²) in [6.45, 7) is 9.01. The maximum absolute atomic E-state index is 11.8. The van der Waals surface area contributed by atoms with Crippen molar-refractivity contribution in [3.05, 3.63) is 148 Å². The van der Waals surface area contributed by atoms with Gasteiger partial charge in [0, 0.05) is 38.8 Å². The summed E-state index contributed by atoms with van der Waals surface area (Å²) in [5.41, 5.74) is 21.6. The van der Waals surface area contributed by atoms with Crippen LogP contribution in [-0.4, -0.2) is 14.9 Å². The molecule has 0 spiro atoms. The van der Waals surface area contributed by atoms with E-state index in [1.165, 1.54) is 60.8 Å². The predicted molar refractivity (Wildman–Crippen MR) is 207 cm³/mol. The van der Waals surface area contributed by atoms with E-state index in [-0.39, 0.29) is 16.5 Å². The number of benzene rings is 4. The Morgan fingerprint density at radius 2 is 0.840 bits per heavy atom. The number of hydrogen-bond acceptors (Lipinski definition) is 2. The van der Waals surface area contributed by atoms with E-state index < -0.39 is 0 Å². The number of rotatable bonds is 15. The Kier molecular flexibility index (Phi) is 20.5. The summed E-state index contributed by atoms with van der Waals surface area (Å²) in [4.78, 5) is 0. The Hall–Kier alpha value is -3.95. The molecule has 1 aliphatic rings. The van der Waals surface area contributed by atoms with Gasteiger partial charge in [-0.1, -0.05) is 120 Å². The predicted octanol–water partition coefficient (Wildman–Crippen LogP) is 13.1. The van der Waals surface area contributed by atoms with E-state index in [2.05, 4.69) is 76.2 Å². The maximum atomic E-state index is 11.8. The SMILES string of the molecule is CCCCCC1=C(c2cccc(CCCC)c2)[N+](=[N-])C(c2cccc(CCCC)c2)=C1CCCC.Oc1ccccc1.Oc1ccccc1.[Ni]. The molecule has 0 fully saturated rings. The van der Waals surface area contributed by atoms with Crippen molar-refractivity contribution in [3.63, 3.8) is 0 Å². The van der Waals surface area contributed by atoms with Crippen LogP contribution >= 0.6 is 0 Å². The number of aromatic hydroxyl groups is 2. The Balaban J connectivity index is 0.000000475. The summed E-state index contributed by atoms with van der Waals surface area (Å²) in [5, 5.41) is 17.3. The fraction of sp³-hybridized carbons (Fsp3) is 0.378. The normalized spacial score (nSPS) is 12.1. The summed E-state index contributed by atoms with van der Waals surface area (Å²) < 4.78 is 1.55. The molecule has 1 heterocycles. The summed E-state index contributed by atoms with van der Waals surface area (Å²) in [7, 11) is 0. The molecule has 0 radical (unpaired) electrons. The van der Waals surface area contributed by atoms with Gasteiger partial charge >= 0.3 is 0 Å². The molecule has 0 saturated heterocycles. The van der Waals surface area contributed by atoms with Gasteiger partial charge in [-0.05, 0) is 111 Å². The molecule has 1 aliphatic heterocycles. The minimum absolute atomic E-state index is 0. The molecule has 50 heavy (non-hydrogen) atoms. The van der Waals surface area contributed by atoms with Crippen LogP contribution in [0.4, 0.5) is 0 Å². The van der Waals surface area contributed by atoms with Gasteiger partial charge in [-0.15, -0.1) is 0 Å². The van der Waals surface area contributed by atoms with Crippen LogP contribution in [0.1, 0.15) is 121 Å². The molecule has 4 aromatic carbocycles. The van der Waals surface area contributed by atoms with Gasteiger partial charge in [0.15, 0.2) is 0 Å². The summed E-state index contributed by atoms with van der Waals surface area (Å²) >= 11 is 0. The van der Waals surface area contributed by atoms with Crippen molar-refractivity contribution in [1.82, 2.24) is 0 Å². The number of aryl methyl sites for hydroxylation is 2. The molecule has 4 nitrogen and oxygen atoms in total. The molecule has 5 rings (SSSR count). The number of unbranched alkanes of at least 4 members (excludes halogenated alkanes) is 5. The van der Waals surface area contributed by atoms with Gasteiger partial charge in [-0.3, -0.25) is 0 Å². The second kappa shape index (κ2) is 24.2. The Morgan fingerprint density at radius 3 is 1.20 bits per heavy atom. The van der Waals surface area contributed by atoms with Crippen molar-refractivity contribution in [2.45, 2.75) is 111 Å². The van der Waals surface area contributed by atoms with Crippen LogP contribution in [0.25, 0.3) is 16.9 Å². The number of para-hydroxylation sites is 2. The summed E-state index contributed by atoms with van der Waals surface area (Å²) in [6.07, 6.45) is 14.9. The first-order valence-corrected chi connectivity index (χ1v) is 18.6. The van der Waals surface area contributed by atoms with Gasteiger partial charge in [0.2, 0.25) is 11.4 Å². The van der Waals surface area contributed by atoms with Gasteiger partial charge < -0.3 is 15.7 Å². The molecule has 0 saturated carbocycles. The van der Waals surface area contributed by atoms with Crippen LogP contribution in [0.15, 0.2) is 120 Å². The minimum Gasteiger partial charge on any atom is -0.508 e. The van der Waals surface area contributed by atoms with Crippen LogP contribution < -0.4 is 0 Å². The largest absolute Gasteiger partial charge is 0.508 e. The van der Waals surface area contributed by atoms with E-state index in [1.54, 1.807) is 53.2 Å². The molecule has 4 aromatic rings. The number of phenolic OH excluding ortho intramolecular Hbond substituents is 2. The van der Waals surface area contributed by atoms with E-state index in [0.29, 0.717) is 11.5 Å². The van der Waals surface area contributed by atoms with Crippen molar-refractivity contribution in [1.29, 1.82) is 0 Å². The molecule has 0 bridgehead atoms. The molecule has 0 aliphatic carbocycles. The van der Waals surface area contributed by atoms with Gasteiger partial charge in [0.05, 0.1) is 0 Å². The van der Waals surface area contributed by atoms with Crippen LogP contribution in [0.2, 0.25) is 0 Å². The first-order chi connectivity index (χ1) is 23.9. The smallest absolute Gasteiger partial charge is 0.211 e. The van der Waals surface area contributed by atoms with E-state index in [4.69, 9.17) is 10.2 Å². The van der Waals surface area contributed by atoms with Crippen molar-refractivity contribution >= 4 is 11.4 Å². The van der Waals surface area contributed by atoms with E-state index in [0.717, 1.165) is 67.5 Å². The summed E-state index contributed by atoms with van der Waals surface area (Å²) in [6, 6.07) is 35.2. The van der Waals surface area contributed by atoms with Gasteiger partial charge in [0.1, 0.15) is 11.5 Å². The quantitative estimate of drug-likeness (QED) is 0.0730. The van der Waals surface area contributed by atoms with E-state index in [1.807, 2.05) is 12.1 Å². The van der Waals surface area contributed by atoms with Crippen LogP contribution in [0.5, 0.6) is 11.5 Å². The van der Waals surface area contributed by atoms with Crippen molar-refractivity contribution in [2.24, 2.45) is 0 Å². The number of phenols is 2. The molecular weight excluding hydrogens is 659 g/mol. The zero-order valence-electron chi connectivity index (χ0n) is 30.7. The van der Waals surface area contributed by atoms with Crippen LogP contribution in [0, 0.1) is 0 Å². The van der Waals surface area contributed by atoms with Crippen molar-refractivity contribution < 1.29 is 31.4 Å². The molecule has 5 heteroatoms. The summed E-state index contributed by atoms with van der Waals surface area (Å²) in [5.74, 6) is 0.644. The average Bonchev–Trinajstić information content (AvgIpc) is 3.40. The first kappa shape index (κ1) is 42.2. The van der Waals surface area contributed by atoms with Gasteiger partial charge in [-0.25, -0.2) is 4.70 Å². The zero-order chi connectivity index (χ0) is 35.3. The Morgan fingerprint density at radius 1 is 0.460 bits per heavy atom. The topological polar surface area (TPSA) is 65.8 Å². The number of hydrogen-bond donors (Lipinski definition) is 2. The second-order valence-corrected chi connectivity index (χ2v) is 12.8. The fourth-order valence-electron chi connectivity index (χ4n) is 6.06. The molecule has 0 unspecified atom stereocenters. The van der Waals surface area contributed by atoms with Gasteiger partial charge in [0.25, 0.3) is 0 Å². The van der Waals surface area contributed by atoms with Crippen LogP contribution in [0.3, 0.4) is 0 Å². The third-order valence-corrected chi connectivity index (χ3v) is 8.72. The Labute approximate surface area is 312 Å². The maximum Gasteiger partial charge on any atom is 0.211 e. The molecular formula is C45H58N2NiO2. The third-order valence-electron chi connectivity index (χ3n) is 8.72. The van der Waals surface area contributed by atoms with E-state index >= 15 is 0 Å². The fourth-order valence-corrected chi connectivity index (χ4v) is 6.06.